The number of anilines is 2. The molecule has 2 N–H and O–H groups in total. The zero-order valence-corrected chi connectivity index (χ0v) is 14.3. The number of carbonyl (C=O) groups excluding carboxylic acids is 1. The van der Waals surface area contributed by atoms with Crippen molar-refractivity contribution in [1.82, 2.24) is 15.3 Å². The van der Waals surface area contributed by atoms with Crippen LogP contribution in [0.25, 0.3) is 0 Å². The third kappa shape index (κ3) is 4.20. The Morgan fingerprint density at radius 1 is 0.960 bits per heavy atom. The summed E-state index contributed by atoms with van der Waals surface area (Å²) in [4.78, 5) is 20.6. The molecule has 5 nitrogen and oxygen atoms in total. The molecule has 25 heavy (non-hydrogen) atoms. The zero-order valence-electron chi connectivity index (χ0n) is 14.3. The Morgan fingerprint density at radius 2 is 1.68 bits per heavy atom. The molecule has 2 aromatic carbocycles. The maximum atomic E-state index is 12.4. The molecule has 1 amide bonds. The Labute approximate surface area is 147 Å². The normalized spacial score (nSPS) is 10.3. The molecule has 0 bridgehead atoms. The second-order valence-corrected chi connectivity index (χ2v) is 5.84. The van der Waals surface area contributed by atoms with Crippen LogP contribution in [0.4, 0.5) is 11.5 Å². The van der Waals surface area contributed by atoms with E-state index in [4.69, 9.17) is 0 Å². The minimum Gasteiger partial charge on any atom is -0.347 e. The number of rotatable bonds is 5. The van der Waals surface area contributed by atoms with Crippen molar-refractivity contribution < 1.29 is 4.79 Å². The topological polar surface area (TPSA) is 66.9 Å². The van der Waals surface area contributed by atoms with E-state index >= 15 is 0 Å². The number of para-hydroxylation sites is 1. The molecule has 0 aliphatic rings. The lowest BCUT2D eigenvalue weighted by molar-refractivity contribution is 0.0945. The number of hydrogen-bond acceptors (Lipinski definition) is 4. The largest absolute Gasteiger partial charge is 0.347 e. The SMILES string of the molecule is Cc1ccccc1CNC(=O)c1cc(Nc2ccccc2C)ncn1. The number of hydrogen-bond donors (Lipinski definition) is 2. The van der Waals surface area contributed by atoms with Gasteiger partial charge in [0.15, 0.2) is 0 Å². The first-order valence-electron chi connectivity index (χ1n) is 8.11. The Morgan fingerprint density at radius 3 is 2.44 bits per heavy atom. The average molecular weight is 332 g/mol. The molecule has 0 atom stereocenters. The first kappa shape index (κ1) is 16.6. The van der Waals surface area contributed by atoms with Crippen LogP contribution in [0.5, 0.6) is 0 Å². The molecule has 0 spiro atoms. The smallest absolute Gasteiger partial charge is 0.270 e. The van der Waals surface area contributed by atoms with E-state index in [9.17, 15) is 4.79 Å². The average Bonchev–Trinajstić information content (AvgIpc) is 2.63. The number of nitrogens with one attached hydrogen (secondary N) is 2. The van der Waals surface area contributed by atoms with Gasteiger partial charge in [-0.25, -0.2) is 9.97 Å². The first-order valence-corrected chi connectivity index (χ1v) is 8.11. The summed E-state index contributed by atoms with van der Waals surface area (Å²) in [5, 5.41) is 6.12. The Bertz CT molecular complexity index is 892. The third-order valence-electron chi connectivity index (χ3n) is 4.01. The second kappa shape index (κ2) is 7.57. The number of nitrogens with zero attached hydrogens (tertiary/aromatic N) is 2. The quantitative estimate of drug-likeness (QED) is 0.746. The van der Waals surface area contributed by atoms with Gasteiger partial charge in [-0.1, -0.05) is 42.5 Å². The van der Waals surface area contributed by atoms with Crippen molar-refractivity contribution in [3.05, 3.63) is 83.3 Å². The minimum atomic E-state index is -0.224. The van der Waals surface area contributed by atoms with Crippen molar-refractivity contribution in [3.63, 3.8) is 0 Å². The number of carbonyl (C=O) groups is 1. The monoisotopic (exact) mass is 332 g/mol. The van der Waals surface area contributed by atoms with E-state index in [1.165, 1.54) is 6.33 Å². The van der Waals surface area contributed by atoms with E-state index in [0.717, 1.165) is 22.4 Å². The van der Waals surface area contributed by atoms with Gasteiger partial charge in [0.25, 0.3) is 5.91 Å². The van der Waals surface area contributed by atoms with Crippen LogP contribution in [0.1, 0.15) is 27.2 Å². The molecule has 5 heteroatoms. The summed E-state index contributed by atoms with van der Waals surface area (Å²) >= 11 is 0. The molecule has 3 aromatic rings. The lowest BCUT2D eigenvalue weighted by Gasteiger charge is -2.10. The van der Waals surface area contributed by atoms with E-state index < -0.39 is 0 Å². The fourth-order valence-electron chi connectivity index (χ4n) is 2.48. The second-order valence-electron chi connectivity index (χ2n) is 5.84. The standard InChI is InChI=1S/C20H20N4O/c1-14-7-3-5-9-16(14)12-21-20(25)18-11-19(23-13-22-18)24-17-10-6-4-8-15(17)2/h3-11,13H,12H2,1-2H3,(H,21,25)(H,22,23,24). The number of benzene rings is 2. The predicted molar refractivity (Wildman–Crippen MR) is 98.8 cm³/mol. The molecule has 1 heterocycles. The highest BCUT2D eigenvalue weighted by Crippen LogP contribution is 2.18. The van der Waals surface area contributed by atoms with Crippen LogP contribution < -0.4 is 10.6 Å². The number of aryl methyl sites for hydroxylation is 2. The van der Waals surface area contributed by atoms with Gasteiger partial charge in [-0.3, -0.25) is 4.79 Å². The predicted octanol–water partition coefficient (Wildman–Crippen LogP) is 3.77. The molecule has 0 radical (unpaired) electrons. The first-order chi connectivity index (χ1) is 12.1. The van der Waals surface area contributed by atoms with Crippen LogP contribution in [-0.2, 0) is 6.54 Å². The van der Waals surface area contributed by atoms with Gasteiger partial charge in [-0.2, -0.15) is 0 Å². The van der Waals surface area contributed by atoms with Crippen molar-refractivity contribution in [1.29, 1.82) is 0 Å². The van der Waals surface area contributed by atoms with Gasteiger partial charge < -0.3 is 10.6 Å². The Kier molecular flexibility index (Phi) is 5.04. The Balaban J connectivity index is 1.69. The molecule has 3 rings (SSSR count). The molecule has 126 valence electrons. The van der Waals surface area contributed by atoms with Gasteiger partial charge in [0.2, 0.25) is 0 Å². The van der Waals surface area contributed by atoms with Gasteiger partial charge in [0, 0.05) is 18.3 Å². The maximum Gasteiger partial charge on any atom is 0.270 e. The summed E-state index contributed by atoms with van der Waals surface area (Å²) in [6.07, 6.45) is 1.39. The van der Waals surface area contributed by atoms with Crippen LogP contribution in [0.3, 0.4) is 0 Å². The van der Waals surface area contributed by atoms with Crippen molar-refractivity contribution >= 4 is 17.4 Å². The molecule has 0 unspecified atom stereocenters. The third-order valence-corrected chi connectivity index (χ3v) is 4.01. The lowest BCUT2D eigenvalue weighted by Crippen LogP contribution is -2.24. The molecule has 0 saturated heterocycles. The van der Waals surface area contributed by atoms with Crippen molar-refractivity contribution in [2.24, 2.45) is 0 Å². The van der Waals surface area contributed by atoms with Gasteiger partial charge in [0.05, 0.1) is 0 Å². The molecule has 0 aliphatic heterocycles. The Hall–Kier alpha value is -3.21. The summed E-state index contributed by atoms with van der Waals surface area (Å²) in [5.41, 5.74) is 4.62. The zero-order chi connectivity index (χ0) is 17.6. The van der Waals surface area contributed by atoms with Gasteiger partial charge >= 0.3 is 0 Å². The van der Waals surface area contributed by atoms with Crippen LogP contribution in [0.2, 0.25) is 0 Å². The van der Waals surface area contributed by atoms with Crippen molar-refractivity contribution in [2.75, 3.05) is 5.32 Å². The highest BCUT2D eigenvalue weighted by atomic mass is 16.1. The van der Waals surface area contributed by atoms with E-state index in [1.54, 1.807) is 6.07 Å². The molecule has 0 saturated carbocycles. The van der Waals surface area contributed by atoms with Gasteiger partial charge in [0.1, 0.15) is 17.8 Å². The highest BCUT2D eigenvalue weighted by Gasteiger charge is 2.09. The number of amides is 1. The maximum absolute atomic E-state index is 12.4. The fourth-order valence-corrected chi connectivity index (χ4v) is 2.48. The van der Waals surface area contributed by atoms with Crippen molar-refractivity contribution in [3.8, 4) is 0 Å². The summed E-state index contributed by atoms with van der Waals surface area (Å²) in [6, 6.07) is 17.5. The summed E-state index contributed by atoms with van der Waals surface area (Å²) < 4.78 is 0. The minimum absolute atomic E-state index is 0.224. The van der Waals surface area contributed by atoms with Gasteiger partial charge in [-0.15, -0.1) is 0 Å². The van der Waals surface area contributed by atoms with E-state index in [2.05, 4.69) is 20.6 Å². The summed E-state index contributed by atoms with van der Waals surface area (Å²) in [7, 11) is 0. The highest BCUT2D eigenvalue weighted by molar-refractivity contribution is 5.93. The van der Waals surface area contributed by atoms with Crippen molar-refractivity contribution in [2.45, 2.75) is 20.4 Å². The molecule has 1 aromatic heterocycles. The van der Waals surface area contributed by atoms with E-state index in [1.807, 2.05) is 62.4 Å². The molecular formula is C20H20N4O. The fraction of sp³-hybridized carbons (Fsp3) is 0.150. The molecule has 0 fully saturated rings. The van der Waals surface area contributed by atoms with E-state index in [-0.39, 0.29) is 5.91 Å². The molecular weight excluding hydrogens is 312 g/mol. The lowest BCUT2D eigenvalue weighted by atomic mass is 10.1. The molecule has 0 aliphatic carbocycles. The summed E-state index contributed by atoms with van der Waals surface area (Å²) in [5.74, 6) is 0.365. The van der Waals surface area contributed by atoms with Crippen LogP contribution in [0, 0.1) is 13.8 Å². The van der Waals surface area contributed by atoms with Crippen LogP contribution in [-0.4, -0.2) is 15.9 Å². The van der Waals surface area contributed by atoms with Gasteiger partial charge in [-0.05, 0) is 36.6 Å². The summed E-state index contributed by atoms with van der Waals surface area (Å²) in [6.45, 7) is 4.51. The van der Waals surface area contributed by atoms with Crippen LogP contribution >= 0.6 is 0 Å². The van der Waals surface area contributed by atoms with Crippen LogP contribution in [0.15, 0.2) is 60.9 Å². The van der Waals surface area contributed by atoms with E-state index in [0.29, 0.717) is 18.1 Å². The number of aromatic nitrogens is 2.